The number of pyridine rings is 1. The molecular formula is C26H27BNO6S. The van der Waals surface area contributed by atoms with Crippen LogP contribution in [0.5, 0.6) is 5.75 Å². The number of hydrogen-bond donors (Lipinski definition) is 2. The average molecular weight is 492 g/mol. The van der Waals surface area contributed by atoms with E-state index in [2.05, 4.69) is 4.98 Å². The first-order valence-corrected chi connectivity index (χ1v) is 12.8. The summed E-state index contributed by atoms with van der Waals surface area (Å²) in [6.07, 6.45) is 6.37. The van der Waals surface area contributed by atoms with Crippen LogP contribution in [0.25, 0.3) is 11.6 Å². The molecule has 0 amide bonds. The number of rotatable bonds is 7. The minimum Gasteiger partial charge on any atom is -0.537 e. The fourth-order valence-electron chi connectivity index (χ4n) is 3.06. The van der Waals surface area contributed by atoms with Crippen molar-refractivity contribution < 1.29 is 28.0 Å². The number of sulfone groups is 1. The van der Waals surface area contributed by atoms with E-state index >= 15 is 0 Å². The lowest BCUT2D eigenvalue weighted by Crippen LogP contribution is -2.15. The van der Waals surface area contributed by atoms with Gasteiger partial charge in [0, 0.05) is 36.4 Å². The average Bonchev–Trinajstić information content (AvgIpc) is 3.59. The second-order valence-corrected chi connectivity index (χ2v) is 10.7. The molecule has 2 N–H and O–H groups in total. The van der Waals surface area contributed by atoms with Gasteiger partial charge in [-0.1, -0.05) is 30.3 Å². The molecule has 0 unspecified atom stereocenters. The van der Waals surface area contributed by atoms with Crippen molar-refractivity contribution in [2.24, 2.45) is 0 Å². The third-order valence-electron chi connectivity index (χ3n) is 5.15. The standard InChI is InChI=1S/C23H23BNO5S.C3H4O/c1-23(2,26)18-9-12-22(25-15-18)21(14-16-5-4-6-19(13-16)30-24-27)17-7-10-20(11-8-17)31(3,28)29;4-3-1-2-3/h4-15,26-27H,1-3H3;1-2H2/b21-14+;. The molecule has 7 nitrogen and oxygen atoms in total. The molecule has 2 aromatic carbocycles. The first kappa shape index (κ1) is 26.3. The Balaban J connectivity index is 0.000000775. The van der Waals surface area contributed by atoms with E-state index < -0.39 is 15.4 Å². The molecule has 4 rings (SSSR count). The van der Waals surface area contributed by atoms with Gasteiger partial charge >= 0.3 is 7.69 Å². The van der Waals surface area contributed by atoms with Crippen molar-refractivity contribution in [1.82, 2.24) is 4.98 Å². The van der Waals surface area contributed by atoms with Crippen LogP contribution < -0.4 is 4.65 Å². The van der Waals surface area contributed by atoms with Crippen LogP contribution >= 0.6 is 0 Å². The van der Waals surface area contributed by atoms with Gasteiger partial charge < -0.3 is 14.8 Å². The fraction of sp³-hybridized carbons (Fsp3) is 0.231. The lowest BCUT2D eigenvalue weighted by molar-refractivity contribution is -0.109. The highest BCUT2D eigenvalue weighted by Gasteiger charge is 2.17. The Morgan fingerprint density at radius 3 is 2.23 bits per heavy atom. The third kappa shape index (κ3) is 7.88. The molecule has 0 aliphatic heterocycles. The van der Waals surface area contributed by atoms with Gasteiger partial charge in [-0.2, -0.15) is 0 Å². The summed E-state index contributed by atoms with van der Waals surface area (Å²) in [7, 11) is -2.69. The highest BCUT2D eigenvalue weighted by Crippen LogP contribution is 2.28. The Kier molecular flexibility index (Phi) is 8.27. The summed E-state index contributed by atoms with van der Waals surface area (Å²) < 4.78 is 28.7. The van der Waals surface area contributed by atoms with Crippen LogP contribution in [0.1, 0.15) is 49.1 Å². The summed E-state index contributed by atoms with van der Waals surface area (Å²) in [5.41, 5.74) is 2.65. The number of aliphatic hydroxyl groups is 1. The maximum absolute atomic E-state index is 11.8. The molecule has 1 radical (unpaired) electrons. The van der Waals surface area contributed by atoms with Crippen molar-refractivity contribution in [3.8, 4) is 5.75 Å². The molecule has 9 heteroatoms. The molecule has 0 atom stereocenters. The van der Waals surface area contributed by atoms with Crippen LogP contribution in [0, 0.1) is 0 Å². The summed E-state index contributed by atoms with van der Waals surface area (Å²) in [6.45, 7) is 3.38. The van der Waals surface area contributed by atoms with Gasteiger partial charge in [0.1, 0.15) is 11.5 Å². The predicted molar refractivity (Wildman–Crippen MR) is 135 cm³/mol. The number of ketones is 1. The number of Topliss-reactive ketones (excluding diaryl/α,β-unsaturated/α-hetero) is 1. The summed E-state index contributed by atoms with van der Waals surface area (Å²) in [4.78, 5) is 14.3. The molecule has 0 spiro atoms. The summed E-state index contributed by atoms with van der Waals surface area (Å²) in [6, 6.07) is 17.3. The lowest BCUT2D eigenvalue weighted by Gasteiger charge is -2.18. The van der Waals surface area contributed by atoms with E-state index in [4.69, 9.17) is 9.68 Å². The van der Waals surface area contributed by atoms with Gasteiger partial charge in [-0.15, -0.1) is 0 Å². The quantitative estimate of drug-likeness (QED) is 0.383. The van der Waals surface area contributed by atoms with Crippen LogP contribution in [0.2, 0.25) is 0 Å². The maximum Gasteiger partial charge on any atom is 0.569 e. The SMILES string of the molecule is CC(C)(O)c1ccc(/C(=C/c2cccc(O[B]O)c2)c2ccc(S(C)(=O)=O)cc2)nc1.O=C1CC1. The lowest BCUT2D eigenvalue weighted by atomic mass is 9.96. The summed E-state index contributed by atoms with van der Waals surface area (Å²) >= 11 is 0. The Morgan fingerprint density at radius 2 is 1.74 bits per heavy atom. The molecule has 181 valence electrons. The number of aromatic nitrogens is 1. The number of hydrogen-bond acceptors (Lipinski definition) is 7. The summed E-state index contributed by atoms with van der Waals surface area (Å²) in [5, 5.41) is 19.1. The van der Waals surface area contributed by atoms with Crippen molar-refractivity contribution >= 4 is 35.0 Å². The van der Waals surface area contributed by atoms with Crippen LogP contribution in [0.4, 0.5) is 0 Å². The highest BCUT2D eigenvalue weighted by atomic mass is 32.2. The largest absolute Gasteiger partial charge is 0.569 e. The minimum absolute atomic E-state index is 0.231. The zero-order valence-electron chi connectivity index (χ0n) is 19.8. The number of nitrogens with zero attached hydrogens (tertiary/aromatic N) is 1. The molecule has 3 aromatic rings. The van der Waals surface area contributed by atoms with Gasteiger partial charge in [0.05, 0.1) is 16.2 Å². The smallest absolute Gasteiger partial charge is 0.537 e. The van der Waals surface area contributed by atoms with Gasteiger partial charge in [0.15, 0.2) is 9.84 Å². The number of carbonyl (C=O) groups excluding carboxylic acids is 1. The van der Waals surface area contributed by atoms with Gasteiger partial charge in [-0.05, 0) is 61.4 Å². The third-order valence-corrected chi connectivity index (χ3v) is 6.28. The molecule has 1 fully saturated rings. The molecule has 1 aliphatic carbocycles. The van der Waals surface area contributed by atoms with Crippen molar-refractivity contribution in [3.05, 3.63) is 89.2 Å². The normalized spacial score (nSPS) is 13.5. The van der Waals surface area contributed by atoms with E-state index in [-0.39, 0.29) is 4.90 Å². The van der Waals surface area contributed by atoms with Crippen molar-refractivity contribution in [2.75, 3.05) is 6.26 Å². The zero-order valence-corrected chi connectivity index (χ0v) is 20.6. The molecule has 35 heavy (non-hydrogen) atoms. The van der Waals surface area contributed by atoms with E-state index in [1.165, 1.54) is 6.26 Å². The van der Waals surface area contributed by atoms with Crippen molar-refractivity contribution in [3.63, 3.8) is 0 Å². The molecular weight excluding hydrogens is 465 g/mol. The maximum atomic E-state index is 11.8. The van der Waals surface area contributed by atoms with Crippen LogP contribution in [0.3, 0.4) is 0 Å². The van der Waals surface area contributed by atoms with E-state index in [1.54, 1.807) is 68.6 Å². The van der Waals surface area contributed by atoms with E-state index in [0.717, 1.165) is 29.5 Å². The monoisotopic (exact) mass is 492 g/mol. The number of carbonyl (C=O) groups is 1. The zero-order chi connectivity index (χ0) is 25.6. The van der Waals surface area contributed by atoms with E-state index in [1.807, 2.05) is 18.2 Å². The first-order valence-electron chi connectivity index (χ1n) is 10.9. The number of benzene rings is 2. The van der Waals surface area contributed by atoms with E-state index in [9.17, 15) is 18.3 Å². The topological polar surface area (TPSA) is 114 Å². The molecule has 0 saturated heterocycles. The Hall–Kier alpha value is -3.27. The van der Waals surface area contributed by atoms with Crippen molar-refractivity contribution in [2.45, 2.75) is 37.2 Å². The summed E-state index contributed by atoms with van der Waals surface area (Å²) in [5.74, 6) is 0.883. The van der Waals surface area contributed by atoms with Crippen LogP contribution in [-0.2, 0) is 20.2 Å². The van der Waals surface area contributed by atoms with Crippen LogP contribution in [0.15, 0.2) is 71.8 Å². The van der Waals surface area contributed by atoms with E-state index in [0.29, 0.717) is 30.5 Å². The highest BCUT2D eigenvalue weighted by molar-refractivity contribution is 7.90. The molecule has 0 bridgehead atoms. The van der Waals surface area contributed by atoms with Gasteiger partial charge in [-0.25, -0.2) is 8.42 Å². The predicted octanol–water partition coefficient (Wildman–Crippen LogP) is 3.56. The molecule has 1 heterocycles. The van der Waals surface area contributed by atoms with Crippen molar-refractivity contribution in [1.29, 1.82) is 0 Å². The second kappa shape index (κ2) is 11.0. The van der Waals surface area contributed by atoms with Gasteiger partial charge in [0.2, 0.25) is 0 Å². The minimum atomic E-state index is -3.31. The van der Waals surface area contributed by atoms with Gasteiger partial charge in [-0.3, -0.25) is 9.78 Å². The molecule has 1 aliphatic rings. The Labute approximate surface area is 206 Å². The van der Waals surface area contributed by atoms with Crippen LogP contribution in [-0.4, -0.2) is 43.3 Å². The fourth-order valence-corrected chi connectivity index (χ4v) is 3.69. The Bertz CT molecular complexity index is 1310. The first-order chi connectivity index (χ1) is 16.5. The Morgan fingerprint density at radius 1 is 1.09 bits per heavy atom. The molecule has 1 saturated carbocycles. The second-order valence-electron chi connectivity index (χ2n) is 8.68. The molecule has 1 aromatic heterocycles. The van der Waals surface area contributed by atoms with Gasteiger partial charge in [0.25, 0.3) is 0 Å².